The van der Waals surface area contributed by atoms with Gasteiger partial charge in [0.2, 0.25) is 6.54 Å². The molecule has 3 rings (SSSR count). The summed E-state index contributed by atoms with van der Waals surface area (Å²) in [5, 5.41) is 0. The zero-order chi connectivity index (χ0) is 19.1. The molecule has 1 heterocycles. The second-order valence-electron chi connectivity index (χ2n) is 6.96. The summed E-state index contributed by atoms with van der Waals surface area (Å²) in [6.07, 6.45) is 1.73. The van der Waals surface area contributed by atoms with Crippen LogP contribution in [0.3, 0.4) is 0 Å². The minimum atomic E-state index is 0.559. The van der Waals surface area contributed by atoms with Crippen LogP contribution in [0.5, 0.6) is 5.75 Å². The number of rotatable bonds is 7. The van der Waals surface area contributed by atoms with Crippen LogP contribution in [0.15, 0.2) is 42.5 Å². The molecule has 2 aromatic carbocycles. The van der Waals surface area contributed by atoms with Crippen LogP contribution in [0.2, 0.25) is 0 Å². The standard InChI is InChI=1S/C23H29N3O/c1-4-25-13-15-26(16-14-25)21-17-20(11-8-12-24-2)23(27-3)22(18-21)19-9-6-5-7-10-19/h5-7,9-10,17-18H,4,8,11-16H2,1,3H3. The molecule has 0 aliphatic carbocycles. The summed E-state index contributed by atoms with van der Waals surface area (Å²) >= 11 is 0. The largest absolute Gasteiger partial charge is 0.496 e. The number of aryl methyl sites for hydroxylation is 1. The molecule has 0 unspecified atom stereocenters. The Labute approximate surface area is 163 Å². The summed E-state index contributed by atoms with van der Waals surface area (Å²) in [6, 6.07) is 15.0. The van der Waals surface area contributed by atoms with Crippen LogP contribution >= 0.6 is 0 Å². The van der Waals surface area contributed by atoms with Crippen molar-refractivity contribution in [2.45, 2.75) is 19.8 Å². The first kappa shape index (κ1) is 19.3. The predicted molar refractivity (Wildman–Crippen MR) is 113 cm³/mol. The summed E-state index contributed by atoms with van der Waals surface area (Å²) in [4.78, 5) is 8.49. The molecule has 4 heteroatoms. The lowest BCUT2D eigenvalue weighted by Crippen LogP contribution is -2.46. The molecular formula is C23H29N3O. The van der Waals surface area contributed by atoms with Gasteiger partial charge < -0.3 is 19.4 Å². The smallest absolute Gasteiger partial charge is 0.215 e. The number of piperazine rings is 1. The maximum absolute atomic E-state index is 7.06. The average Bonchev–Trinajstić information content (AvgIpc) is 2.74. The minimum absolute atomic E-state index is 0.559. The molecule has 4 nitrogen and oxygen atoms in total. The van der Waals surface area contributed by atoms with Crippen molar-refractivity contribution in [3.05, 3.63) is 59.4 Å². The fraction of sp³-hybridized carbons (Fsp3) is 0.435. The molecule has 1 saturated heterocycles. The van der Waals surface area contributed by atoms with Crippen molar-refractivity contribution < 1.29 is 4.74 Å². The van der Waals surface area contributed by atoms with Crippen molar-refractivity contribution >= 4 is 5.69 Å². The third-order valence-corrected chi connectivity index (χ3v) is 5.34. The number of hydrogen-bond donors (Lipinski definition) is 0. The lowest BCUT2D eigenvalue weighted by molar-refractivity contribution is 0.271. The molecule has 142 valence electrons. The summed E-state index contributed by atoms with van der Waals surface area (Å²) in [5.74, 6) is 0.946. The van der Waals surface area contributed by atoms with Crippen molar-refractivity contribution in [3.63, 3.8) is 0 Å². The van der Waals surface area contributed by atoms with Gasteiger partial charge in [0, 0.05) is 43.9 Å². The van der Waals surface area contributed by atoms with Gasteiger partial charge in [-0.05, 0) is 36.2 Å². The van der Waals surface area contributed by atoms with E-state index < -0.39 is 0 Å². The second-order valence-corrected chi connectivity index (χ2v) is 6.96. The number of ether oxygens (including phenoxy) is 1. The van der Waals surface area contributed by atoms with E-state index in [1.54, 1.807) is 7.11 Å². The molecular weight excluding hydrogens is 334 g/mol. The van der Waals surface area contributed by atoms with Crippen molar-refractivity contribution in [2.75, 3.05) is 51.3 Å². The number of methoxy groups -OCH3 is 1. The minimum Gasteiger partial charge on any atom is -0.496 e. The van der Waals surface area contributed by atoms with Gasteiger partial charge in [-0.3, -0.25) is 0 Å². The van der Waals surface area contributed by atoms with Crippen LogP contribution in [0.25, 0.3) is 16.0 Å². The molecule has 1 aliphatic rings. The molecule has 0 spiro atoms. The summed E-state index contributed by atoms with van der Waals surface area (Å²) in [5.41, 5.74) is 4.79. The molecule has 0 radical (unpaired) electrons. The van der Waals surface area contributed by atoms with Gasteiger partial charge in [-0.15, -0.1) is 0 Å². The monoisotopic (exact) mass is 363 g/mol. The van der Waals surface area contributed by atoms with Crippen LogP contribution in [-0.2, 0) is 6.42 Å². The second kappa shape index (κ2) is 9.43. The highest BCUT2D eigenvalue weighted by Gasteiger charge is 2.20. The van der Waals surface area contributed by atoms with Gasteiger partial charge in [0.25, 0.3) is 0 Å². The van der Waals surface area contributed by atoms with Gasteiger partial charge >= 0.3 is 0 Å². The van der Waals surface area contributed by atoms with E-state index in [0.717, 1.165) is 56.9 Å². The third-order valence-electron chi connectivity index (χ3n) is 5.34. The average molecular weight is 364 g/mol. The highest BCUT2D eigenvalue weighted by molar-refractivity contribution is 5.77. The maximum atomic E-state index is 7.06. The molecule has 1 fully saturated rings. The van der Waals surface area contributed by atoms with Crippen LogP contribution in [0, 0.1) is 6.57 Å². The van der Waals surface area contributed by atoms with Gasteiger partial charge in [-0.1, -0.05) is 37.3 Å². The fourth-order valence-electron chi connectivity index (χ4n) is 3.78. The highest BCUT2D eigenvalue weighted by Crippen LogP contribution is 2.38. The first-order valence-corrected chi connectivity index (χ1v) is 9.83. The number of anilines is 1. The molecule has 2 aromatic rings. The topological polar surface area (TPSA) is 20.1 Å². The first-order chi connectivity index (χ1) is 13.3. The SMILES string of the molecule is [C-]#[N+]CCCc1cc(N2CCN(CC)CC2)cc(-c2ccccc2)c1OC. The lowest BCUT2D eigenvalue weighted by Gasteiger charge is -2.36. The number of nitrogens with zero attached hydrogens (tertiary/aromatic N) is 3. The zero-order valence-corrected chi connectivity index (χ0v) is 16.4. The number of benzene rings is 2. The molecule has 0 N–H and O–H groups in total. The molecule has 0 aromatic heterocycles. The summed E-state index contributed by atoms with van der Waals surface area (Å²) in [6.45, 7) is 15.3. The van der Waals surface area contributed by atoms with Crippen molar-refractivity contribution in [1.29, 1.82) is 0 Å². The fourth-order valence-corrected chi connectivity index (χ4v) is 3.78. The first-order valence-electron chi connectivity index (χ1n) is 9.83. The Morgan fingerprint density at radius 1 is 1.07 bits per heavy atom. The number of likely N-dealkylation sites (N-methyl/N-ethyl adjacent to an activating group) is 1. The van der Waals surface area contributed by atoms with Crippen molar-refractivity contribution in [1.82, 2.24) is 4.90 Å². The molecule has 27 heavy (non-hydrogen) atoms. The van der Waals surface area contributed by atoms with E-state index in [9.17, 15) is 0 Å². The Morgan fingerprint density at radius 2 is 1.81 bits per heavy atom. The van der Waals surface area contributed by atoms with Crippen molar-refractivity contribution in [3.8, 4) is 16.9 Å². The zero-order valence-electron chi connectivity index (χ0n) is 16.4. The Balaban J connectivity index is 1.98. The lowest BCUT2D eigenvalue weighted by atomic mass is 9.97. The Morgan fingerprint density at radius 3 is 2.44 bits per heavy atom. The van der Waals surface area contributed by atoms with E-state index in [2.05, 4.69) is 58.0 Å². The molecule has 0 bridgehead atoms. The van der Waals surface area contributed by atoms with Crippen LogP contribution in [0.1, 0.15) is 18.9 Å². The van der Waals surface area contributed by atoms with Crippen LogP contribution in [-0.4, -0.2) is 51.3 Å². The van der Waals surface area contributed by atoms with Gasteiger partial charge in [0.1, 0.15) is 5.75 Å². The highest BCUT2D eigenvalue weighted by atomic mass is 16.5. The predicted octanol–water partition coefficient (Wildman–Crippen LogP) is 4.36. The van der Waals surface area contributed by atoms with E-state index >= 15 is 0 Å². The van der Waals surface area contributed by atoms with Gasteiger partial charge in [0.15, 0.2) is 0 Å². The summed E-state index contributed by atoms with van der Waals surface area (Å²) in [7, 11) is 1.75. The van der Waals surface area contributed by atoms with E-state index in [4.69, 9.17) is 11.3 Å². The summed E-state index contributed by atoms with van der Waals surface area (Å²) < 4.78 is 5.83. The van der Waals surface area contributed by atoms with Crippen molar-refractivity contribution in [2.24, 2.45) is 0 Å². The van der Waals surface area contributed by atoms with Crippen LogP contribution in [0.4, 0.5) is 5.69 Å². The third kappa shape index (κ3) is 4.61. The Hall–Kier alpha value is -2.51. The Bertz CT molecular complexity index is 774. The van der Waals surface area contributed by atoms with E-state index in [1.165, 1.54) is 16.8 Å². The Kier molecular flexibility index (Phi) is 6.73. The molecule has 0 saturated carbocycles. The van der Waals surface area contributed by atoms with Crippen LogP contribution < -0.4 is 9.64 Å². The van der Waals surface area contributed by atoms with E-state index in [0.29, 0.717) is 6.54 Å². The van der Waals surface area contributed by atoms with E-state index in [1.807, 2.05) is 6.07 Å². The maximum Gasteiger partial charge on any atom is 0.215 e. The van der Waals surface area contributed by atoms with E-state index in [-0.39, 0.29) is 0 Å². The molecule has 1 aliphatic heterocycles. The molecule has 0 atom stereocenters. The molecule has 0 amide bonds. The van der Waals surface area contributed by atoms with Gasteiger partial charge in [-0.25, -0.2) is 6.57 Å². The number of hydrogen-bond acceptors (Lipinski definition) is 3. The van der Waals surface area contributed by atoms with Gasteiger partial charge in [0.05, 0.1) is 7.11 Å². The van der Waals surface area contributed by atoms with Gasteiger partial charge in [-0.2, -0.15) is 0 Å². The normalized spacial score (nSPS) is 14.8. The quantitative estimate of drug-likeness (QED) is 0.538.